The highest BCUT2D eigenvalue weighted by Crippen LogP contribution is 2.12. The molecule has 0 saturated carbocycles. The van der Waals surface area contributed by atoms with Crippen molar-refractivity contribution in [3.8, 4) is 0 Å². The van der Waals surface area contributed by atoms with E-state index in [1.165, 1.54) is 12.8 Å². The Bertz CT molecular complexity index is 211. The molecule has 15 heavy (non-hydrogen) atoms. The van der Waals surface area contributed by atoms with Crippen LogP contribution in [0.25, 0.3) is 0 Å². The second-order valence-electron chi connectivity index (χ2n) is 4.37. The van der Waals surface area contributed by atoms with Gasteiger partial charge in [0.05, 0.1) is 0 Å². The Morgan fingerprint density at radius 2 is 2.33 bits per heavy atom. The molecule has 4 heteroatoms. The summed E-state index contributed by atoms with van der Waals surface area (Å²) in [6, 6.07) is 0.699. The van der Waals surface area contributed by atoms with Crippen LogP contribution in [-0.2, 0) is 9.53 Å². The van der Waals surface area contributed by atoms with Crippen molar-refractivity contribution in [3.05, 3.63) is 0 Å². The molecule has 0 spiro atoms. The molecule has 2 aliphatic rings. The summed E-state index contributed by atoms with van der Waals surface area (Å²) in [5.74, 6) is 0.0778. The molecule has 0 aromatic rings. The molecular weight excluding hydrogens is 192 g/mol. The number of hydrogen-bond donors (Lipinski definition) is 2. The molecular formula is C11H20N2O2. The highest BCUT2D eigenvalue weighted by atomic mass is 16.5. The van der Waals surface area contributed by atoms with E-state index in [9.17, 15) is 4.79 Å². The Morgan fingerprint density at radius 3 is 2.93 bits per heavy atom. The molecule has 2 saturated heterocycles. The van der Waals surface area contributed by atoms with Gasteiger partial charge in [-0.1, -0.05) is 0 Å². The van der Waals surface area contributed by atoms with E-state index >= 15 is 0 Å². The van der Waals surface area contributed by atoms with Crippen molar-refractivity contribution in [1.82, 2.24) is 10.6 Å². The van der Waals surface area contributed by atoms with Crippen LogP contribution < -0.4 is 10.6 Å². The summed E-state index contributed by atoms with van der Waals surface area (Å²) in [6.45, 7) is 2.69. The van der Waals surface area contributed by atoms with Gasteiger partial charge in [0.2, 0.25) is 5.91 Å². The van der Waals surface area contributed by atoms with E-state index in [2.05, 4.69) is 10.6 Å². The van der Waals surface area contributed by atoms with Crippen LogP contribution in [0.5, 0.6) is 0 Å². The van der Waals surface area contributed by atoms with Crippen LogP contribution in [0.4, 0.5) is 0 Å². The lowest BCUT2D eigenvalue weighted by molar-refractivity contribution is -0.130. The summed E-state index contributed by atoms with van der Waals surface area (Å²) >= 11 is 0. The zero-order valence-electron chi connectivity index (χ0n) is 9.13. The van der Waals surface area contributed by atoms with Crippen molar-refractivity contribution in [2.24, 2.45) is 0 Å². The summed E-state index contributed by atoms with van der Waals surface area (Å²) in [5.41, 5.74) is 0. The number of amides is 1. The summed E-state index contributed by atoms with van der Waals surface area (Å²) in [7, 11) is 0. The number of hydrogen-bond acceptors (Lipinski definition) is 3. The lowest BCUT2D eigenvalue weighted by Gasteiger charge is -2.27. The van der Waals surface area contributed by atoms with Gasteiger partial charge in [0.1, 0.15) is 6.10 Å². The minimum atomic E-state index is -0.174. The first-order chi connectivity index (χ1) is 7.36. The van der Waals surface area contributed by atoms with E-state index in [0.717, 1.165) is 39.0 Å². The number of nitrogens with one attached hydrogen (secondary N) is 2. The molecule has 0 aromatic carbocycles. The summed E-state index contributed by atoms with van der Waals surface area (Å²) in [6.07, 6.45) is 5.26. The highest BCUT2D eigenvalue weighted by molar-refractivity contribution is 5.80. The van der Waals surface area contributed by atoms with Crippen LogP contribution in [-0.4, -0.2) is 37.7 Å². The van der Waals surface area contributed by atoms with Gasteiger partial charge in [0.15, 0.2) is 0 Å². The third kappa shape index (κ3) is 3.18. The molecule has 2 heterocycles. The van der Waals surface area contributed by atoms with Crippen LogP contribution >= 0.6 is 0 Å². The molecule has 2 rings (SSSR count). The minimum Gasteiger partial charge on any atom is -0.368 e. The van der Waals surface area contributed by atoms with Crippen molar-refractivity contribution < 1.29 is 9.53 Å². The Hall–Kier alpha value is -0.610. The highest BCUT2D eigenvalue weighted by Gasteiger charge is 2.23. The van der Waals surface area contributed by atoms with Gasteiger partial charge >= 0.3 is 0 Å². The molecule has 86 valence electrons. The van der Waals surface area contributed by atoms with Gasteiger partial charge in [-0.2, -0.15) is 0 Å². The van der Waals surface area contributed by atoms with E-state index in [1.807, 2.05) is 0 Å². The Balaban J connectivity index is 1.50. The van der Waals surface area contributed by atoms with Gasteiger partial charge < -0.3 is 15.4 Å². The van der Waals surface area contributed by atoms with E-state index in [0.29, 0.717) is 6.04 Å². The maximum atomic E-state index is 11.5. The standard InChI is InChI=1S/C11H20N2O2/c14-11(10-4-2-8-15-10)13-6-1-3-9-5-7-12-9/h9-10,12H,1-8H2,(H,13,14). The SMILES string of the molecule is O=C(NCCCC1CCN1)C1CCCO1. The lowest BCUT2D eigenvalue weighted by Crippen LogP contribution is -2.43. The maximum Gasteiger partial charge on any atom is 0.249 e. The van der Waals surface area contributed by atoms with Gasteiger partial charge in [-0.05, 0) is 38.6 Å². The average Bonchev–Trinajstić information content (AvgIpc) is 2.67. The smallest absolute Gasteiger partial charge is 0.249 e. The molecule has 2 unspecified atom stereocenters. The minimum absolute atomic E-state index is 0.0778. The fourth-order valence-electron chi connectivity index (χ4n) is 2.05. The van der Waals surface area contributed by atoms with Crippen LogP contribution in [0.3, 0.4) is 0 Å². The molecule has 2 N–H and O–H groups in total. The van der Waals surface area contributed by atoms with Crippen LogP contribution in [0, 0.1) is 0 Å². The van der Waals surface area contributed by atoms with Gasteiger partial charge in [-0.15, -0.1) is 0 Å². The van der Waals surface area contributed by atoms with Crippen LogP contribution in [0.1, 0.15) is 32.1 Å². The molecule has 4 nitrogen and oxygen atoms in total. The van der Waals surface area contributed by atoms with E-state index in [-0.39, 0.29) is 12.0 Å². The molecule has 1 amide bonds. The Kier molecular flexibility index (Phi) is 3.97. The van der Waals surface area contributed by atoms with Gasteiger partial charge in [-0.3, -0.25) is 4.79 Å². The van der Waals surface area contributed by atoms with Crippen molar-refractivity contribution in [3.63, 3.8) is 0 Å². The fraction of sp³-hybridized carbons (Fsp3) is 0.909. The number of carbonyl (C=O) groups is 1. The zero-order valence-corrected chi connectivity index (χ0v) is 9.13. The zero-order chi connectivity index (χ0) is 10.5. The maximum absolute atomic E-state index is 11.5. The summed E-state index contributed by atoms with van der Waals surface area (Å²) < 4.78 is 5.30. The average molecular weight is 212 g/mol. The Morgan fingerprint density at radius 1 is 1.47 bits per heavy atom. The quantitative estimate of drug-likeness (QED) is 0.650. The normalized spacial score (nSPS) is 29.9. The second kappa shape index (κ2) is 5.47. The first-order valence-corrected chi connectivity index (χ1v) is 5.99. The first kappa shape index (κ1) is 10.9. The molecule has 2 atom stereocenters. The molecule has 0 bridgehead atoms. The predicted octanol–water partition coefficient (Wildman–Crippen LogP) is 0.424. The van der Waals surface area contributed by atoms with Gasteiger partial charge in [0, 0.05) is 19.2 Å². The Labute approximate surface area is 90.8 Å². The number of carbonyl (C=O) groups excluding carboxylic acids is 1. The fourth-order valence-corrected chi connectivity index (χ4v) is 2.05. The molecule has 0 radical (unpaired) electrons. The van der Waals surface area contributed by atoms with Crippen molar-refractivity contribution in [2.45, 2.75) is 44.2 Å². The van der Waals surface area contributed by atoms with E-state index in [4.69, 9.17) is 4.74 Å². The van der Waals surface area contributed by atoms with Crippen molar-refractivity contribution in [1.29, 1.82) is 0 Å². The predicted molar refractivity (Wildman–Crippen MR) is 57.6 cm³/mol. The van der Waals surface area contributed by atoms with Crippen LogP contribution in [0.2, 0.25) is 0 Å². The molecule has 0 aliphatic carbocycles. The topological polar surface area (TPSA) is 50.4 Å². The number of rotatable bonds is 5. The third-order valence-corrected chi connectivity index (χ3v) is 3.18. The lowest BCUT2D eigenvalue weighted by atomic mass is 10.0. The number of ether oxygens (including phenoxy) is 1. The van der Waals surface area contributed by atoms with Gasteiger partial charge in [-0.25, -0.2) is 0 Å². The summed E-state index contributed by atoms with van der Waals surface area (Å²) in [4.78, 5) is 11.5. The van der Waals surface area contributed by atoms with Crippen molar-refractivity contribution in [2.75, 3.05) is 19.7 Å². The third-order valence-electron chi connectivity index (χ3n) is 3.18. The summed E-state index contributed by atoms with van der Waals surface area (Å²) in [5, 5.41) is 6.29. The molecule has 2 fully saturated rings. The first-order valence-electron chi connectivity index (χ1n) is 5.99. The molecule has 0 aromatic heterocycles. The largest absolute Gasteiger partial charge is 0.368 e. The second-order valence-corrected chi connectivity index (χ2v) is 4.37. The monoisotopic (exact) mass is 212 g/mol. The van der Waals surface area contributed by atoms with Crippen LogP contribution in [0.15, 0.2) is 0 Å². The van der Waals surface area contributed by atoms with Gasteiger partial charge in [0.25, 0.3) is 0 Å². The van der Waals surface area contributed by atoms with E-state index in [1.54, 1.807) is 0 Å². The van der Waals surface area contributed by atoms with E-state index < -0.39 is 0 Å². The molecule has 2 aliphatic heterocycles. The van der Waals surface area contributed by atoms with Crippen molar-refractivity contribution >= 4 is 5.91 Å².